The van der Waals surface area contributed by atoms with Crippen molar-refractivity contribution in [3.8, 4) is 11.5 Å². The molecule has 2 aromatic rings. The fourth-order valence-electron chi connectivity index (χ4n) is 3.15. The van der Waals surface area contributed by atoms with Gasteiger partial charge in [0, 0.05) is 38.8 Å². The molecule has 1 saturated heterocycles. The number of hydrogen-bond acceptors (Lipinski definition) is 4. The van der Waals surface area contributed by atoms with Crippen molar-refractivity contribution >= 4 is 5.91 Å². The van der Waals surface area contributed by atoms with Crippen LogP contribution in [0, 0.1) is 0 Å². The van der Waals surface area contributed by atoms with Crippen LogP contribution in [-0.2, 0) is 11.3 Å². The first kappa shape index (κ1) is 18.3. The summed E-state index contributed by atoms with van der Waals surface area (Å²) in [7, 11) is 1.61. The van der Waals surface area contributed by atoms with Gasteiger partial charge in [-0.2, -0.15) is 0 Å². The Hall–Kier alpha value is -2.53. The maximum atomic E-state index is 12.7. The summed E-state index contributed by atoms with van der Waals surface area (Å²) in [6.07, 6.45) is -0.511. The Morgan fingerprint density at radius 2 is 1.69 bits per heavy atom. The number of nitrogens with zero attached hydrogens (tertiary/aromatic N) is 2. The smallest absolute Gasteiger partial charge is 0.263 e. The number of hydrogen-bond donors (Lipinski definition) is 0. The highest BCUT2D eigenvalue weighted by Gasteiger charge is 2.26. The van der Waals surface area contributed by atoms with Crippen LogP contribution in [0.4, 0.5) is 0 Å². The van der Waals surface area contributed by atoms with Gasteiger partial charge in [0.25, 0.3) is 5.91 Å². The monoisotopic (exact) mass is 354 g/mol. The molecule has 0 unspecified atom stereocenters. The highest BCUT2D eigenvalue weighted by atomic mass is 16.5. The Kier molecular flexibility index (Phi) is 6.12. The summed E-state index contributed by atoms with van der Waals surface area (Å²) in [6, 6.07) is 17.8. The zero-order valence-electron chi connectivity index (χ0n) is 15.4. The second-order valence-corrected chi connectivity index (χ2v) is 6.53. The molecule has 0 aromatic heterocycles. The number of piperazine rings is 1. The van der Waals surface area contributed by atoms with E-state index in [1.165, 1.54) is 5.56 Å². The SMILES string of the molecule is COc1cccc(O[C@@H](C)C(=O)N2CCN(Cc3ccccc3)CC2)c1. The molecular weight excluding hydrogens is 328 g/mol. The number of amides is 1. The van der Waals surface area contributed by atoms with Gasteiger partial charge in [-0.25, -0.2) is 0 Å². The van der Waals surface area contributed by atoms with Crippen LogP contribution in [-0.4, -0.2) is 55.1 Å². The third-order valence-corrected chi connectivity index (χ3v) is 4.63. The molecular formula is C21H26N2O3. The van der Waals surface area contributed by atoms with E-state index in [9.17, 15) is 4.79 Å². The number of carbonyl (C=O) groups is 1. The minimum atomic E-state index is -0.511. The van der Waals surface area contributed by atoms with E-state index in [0.29, 0.717) is 5.75 Å². The zero-order chi connectivity index (χ0) is 18.4. The number of ether oxygens (including phenoxy) is 2. The van der Waals surface area contributed by atoms with E-state index >= 15 is 0 Å². The van der Waals surface area contributed by atoms with Crippen molar-refractivity contribution in [3.05, 3.63) is 60.2 Å². The van der Waals surface area contributed by atoms with Crippen LogP contribution >= 0.6 is 0 Å². The Morgan fingerprint density at radius 3 is 2.38 bits per heavy atom. The summed E-state index contributed by atoms with van der Waals surface area (Å²) in [6.45, 7) is 5.96. The molecule has 0 N–H and O–H groups in total. The van der Waals surface area contributed by atoms with E-state index in [-0.39, 0.29) is 5.91 Å². The topological polar surface area (TPSA) is 42.0 Å². The molecule has 0 saturated carbocycles. The van der Waals surface area contributed by atoms with Crippen LogP contribution in [0.1, 0.15) is 12.5 Å². The van der Waals surface area contributed by atoms with Gasteiger partial charge in [0.2, 0.25) is 0 Å². The minimum absolute atomic E-state index is 0.0344. The molecule has 5 nitrogen and oxygen atoms in total. The van der Waals surface area contributed by atoms with E-state index in [0.717, 1.165) is 38.5 Å². The van der Waals surface area contributed by atoms with E-state index in [4.69, 9.17) is 9.47 Å². The molecule has 5 heteroatoms. The van der Waals surface area contributed by atoms with Crippen LogP contribution in [0.2, 0.25) is 0 Å². The summed E-state index contributed by atoms with van der Waals surface area (Å²) < 4.78 is 11.0. The summed E-state index contributed by atoms with van der Waals surface area (Å²) in [4.78, 5) is 16.9. The van der Waals surface area contributed by atoms with Crippen LogP contribution in [0.3, 0.4) is 0 Å². The molecule has 0 radical (unpaired) electrons. The first-order chi connectivity index (χ1) is 12.7. The number of carbonyl (C=O) groups excluding carboxylic acids is 1. The normalized spacial score (nSPS) is 16.2. The summed E-state index contributed by atoms with van der Waals surface area (Å²) in [5.41, 5.74) is 1.31. The van der Waals surface area contributed by atoms with Crippen molar-refractivity contribution in [1.82, 2.24) is 9.80 Å². The van der Waals surface area contributed by atoms with Crippen LogP contribution in [0.5, 0.6) is 11.5 Å². The molecule has 0 bridgehead atoms. The maximum Gasteiger partial charge on any atom is 0.263 e. The van der Waals surface area contributed by atoms with Crippen LogP contribution in [0.15, 0.2) is 54.6 Å². The highest BCUT2D eigenvalue weighted by molar-refractivity contribution is 5.81. The summed E-state index contributed by atoms with van der Waals surface area (Å²) in [5.74, 6) is 1.40. The van der Waals surface area contributed by atoms with Gasteiger partial charge in [-0.1, -0.05) is 36.4 Å². The van der Waals surface area contributed by atoms with Crippen molar-refractivity contribution in [1.29, 1.82) is 0 Å². The molecule has 1 atom stereocenters. The average molecular weight is 354 g/mol. The van der Waals surface area contributed by atoms with Gasteiger partial charge < -0.3 is 14.4 Å². The van der Waals surface area contributed by atoms with Gasteiger partial charge in [-0.3, -0.25) is 9.69 Å². The largest absolute Gasteiger partial charge is 0.497 e. The van der Waals surface area contributed by atoms with Crippen LogP contribution in [0.25, 0.3) is 0 Å². The third-order valence-electron chi connectivity index (χ3n) is 4.63. The van der Waals surface area contributed by atoms with E-state index in [1.807, 2.05) is 29.2 Å². The second kappa shape index (κ2) is 8.72. The second-order valence-electron chi connectivity index (χ2n) is 6.53. The van der Waals surface area contributed by atoms with Gasteiger partial charge in [0.1, 0.15) is 11.5 Å². The predicted molar refractivity (Wildman–Crippen MR) is 101 cm³/mol. The molecule has 0 spiro atoms. The molecule has 0 aliphatic carbocycles. The molecule has 26 heavy (non-hydrogen) atoms. The Labute approximate surface area is 155 Å². The maximum absolute atomic E-state index is 12.7. The minimum Gasteiger partial charge on any atom is -0.497 e. The molecule has 2 aromatic carbocycles. The van der Waals surface area contributed by atoms with Gasteiger partial charge >= 0.3 is 0 Å². The Balaban J connectivity index is 1.49. The molecule has 1 aliphatic rings. The van der Waals surface area contributed by atoms with E-state index in [1.54, 1.807) is 20.1 Å². The lowest BCUT2D eigenvalue weighted by Crippen LogP contribution is -2.51. The number of benzene rings is 2. The van der Waals surface area contributed by atoms with Crippen molar-refractivity contribution in [3.63, 3.8) is 0 Å². The molecule has 138 valence electrons. The predicted octanol–water partition coefficient (Wildman–Crippen LogP) is 2.81. The van der Waals surface area contributed by atoms with Crippen LogP contribution < -0.4 is 9.47 Å². The van der Waals surface area contributed by atoms with Gasteiger partial charge in [-0.05, 0) is 24.6 Å². The van der Waals surface area contributed by atoms with Crippen molar-refractivity contribution < 1.29 is 14.3 Å². The number of methoxy groups -OCH3 is 1. The lowest BCUT2D eigenvalue weighted by Gasteiger charge is -2.35. The van der Waals surface area contributed by atoms with Gasteiger partial charge in [0.15, 0.2) is 6.10 Å². The molecule has 1 heterocycles. The van der Waals surface area contributed by atoms with Crippen molar-refractivity contribution in [2.45, 2.75) is 19.6 Å². The average Bonchev–Trinajstić information content (AvgIpc) is 2.69. The molecule has 1 aliphatic heterocycles. The molecule has 1 fully saturated rings. The highest BCUT2D eigenvalue weighted by Crippen LogP contribution is 2.20. The number of rotatable bonds is 6. The van der Waals surface area contributed by atoms with E-state index < -0.39 is 6.10 Å². The lowest BCUT2D eigenvalue weighted by atomic mass is 10.2. The zero-order valence-corrected chi connectivity index (χ0v) is 15.4. The fourth-order valence-corrected chi connectivity index (χ4v) is 3.15. The Morgan fingerprint density at radius 1 is 1.00 bits per heavy atom. The van der Waals surface area contributed by atoms with Crippen molar-refractivity contribution in [2.75, 3.05) is 33.3 Å². The molecule has 1 amide bonds. The van der Waals surface area contributed by atoms with Gasteiger partial charge in [0.05, 0.1) is 7.11 Å². The third kappa shape index (κ3) is 4.76. The van der Waals surface area contributed by atoms with E-state index in [2.05, 4.69) is 29.2 Å². The first-order valence-corrected chi connectivity index (χ1v) is 9.01. The first-order valence-electron chi connectivity index (χ1n) is 9.01. The summed E-state index contributed by atoms with van der Waals surface area (Å²) in [5, 5.41) is 0. The van der Waals surface area contributed by atoms with Gasteiger partial charge in [-0.15, -0.1) is 0 Å². The quantitative estimate of drug-likeness (QED) is 0.800. The molecule has 3 rings (SSSR count). The standard InChI is InChI=1S/C21H26N2O3/c1-17(26-20-10-6-9-19(15-20)25-2)21(24)23-13-11-22(12-14-23)16-18-7-4-3-5-8-18/h3-10,15,17H,11-14,16H2,1-2H3/t17-/m0/s1. The van der Waals surface area contributed by atoms with Crippen molar-refractivity contribution in [2.24, 2.45) is 0 Å². The lowest BCUT2D eigenvalue weighted by molar-refractivity contribution is -0.139. The fraction of sp³-hybridized carbons (Fsp3) is 0.381. The Bertz CT molecular complexity index is 712. The summed E-state index contributed by atoms with van der Waals surface area (Å²) >= 11 is 0.